The number of halogens is 1. The van der Waals surface area contributed by atoms with Crippen LogP contribution in [0.2, 0.25) is 5.02 Å². The number of carboxylic acid groups (broad SMARTS) is 1. The minimum absolute atomic E-state index is 0.193. The fourth-order valence-electron chi connectivity index (χ4n) is 1.68. The van der Waals surface area contributed by atoms with E-state index in [1.807, 2.05) is 25.1 Å². The average molecular weight is 299 g/mol. The molecule has 0 aromatic heterocycles. The topological polar surface area (TPSA) is 78.4 Å². The van der Waals surface area contributed by atoms with Crippen LogP contribution < -0.4 is 10.6 Å². The summed E-state index contributed by atoms with van der Waals surface area (Å²) in [6, 6.07) is 4.10. The van der Waals surface area contributed by atoms with Crippen LogP contribution in [-0.4, -0.2) is 23.1 Å². The summed E-state index contributed by atoms with van der Waals surface area (Å²) in [6.45, 7) is 5.64. The highest BCUT2D eigenvalue weighted by Gasteiger charge is 2.23. The van der Waals surface area contributed by atoms with Gasteiger partial charge < -0.3 is 15.7 Å². The van der Waals surface area contributed by atoms with Gasteiger partial charge in [-0.15, -0.1) is 0 Å². The second-order valence-electron chi connectivity index (χ2n) is 4.98. The molecule has 6 heteroatoms. The third-order valence-electron chi connectivity index (χ3n) is 2.87. The van der Waals surface area contributed by atoms with Crippen molar-refractivity contribution in [1.29, 1.82) is 0 Å². The number of urea groups is 1. The summed E-state index contributed by atoms with van der Waals surface area (Å²) in [5.41, 5.74) is 1.82. The van der Waals surface area contributed by atoms with Crippen LogP contribution in [0, 0.1) is 12.8 Å². The molecular weight excluding hydrogens is 280 g/mol. The highest BCUT2D eigenvalue weighted by molar-refractivity contribution is 6.31. The van der Waals surface area contributed by atoms with Gasteiger partial charge in [-0.3, -0.25) is 0 Å². The maximum atomic E-state index is 11.7. The molecule has 3 N–H and O–H groups in total. The molecule has 0 bridgehead atoms. The summed E-state index contributed by atoms with van der Waals surface area (Å²) in [6.07, 6.45) is 0. The van der Waals surface area contributed by atoms with Gasteiger partial charge in [-0.25, -0.2) is 9.59 Å². The van der Waals surface area contributed by atoms with Gasteiger partial charge in [0.2, 0.25) is 0 Å². The molecule has 110 valence electrons. The summed E-state index contributed by atoms with van der Waals surface area (Å²) in [7, 11) is 0. The Hall–Kier alpha value is -1.75. The van der Waals surface area contributed by atoms with Gasteiger partial charge in [0.05, 0.1) is 0 Å². The number of carboxylic acids is 1. The summed E-state index contributed by atoms with van der Waals surface area (Å²) in [5.74, 6) is -1.25. The van der Waals surface area contributed by atoms with Crippen LogP contribution >= 0.6 is 11.6 Å². The minimum atomic E-state index is -1.05. The van der Waals surface area contributed by atoms with E-state index in [9.17, 15) is 9.59 Å². The third kappa shape index (κ3) is 4.74. The number of benzene rings is 1. The van der Waals surface area contributed by atoms with Crippen molar-refractivity contribution in [1.82, 2.24) is 10.6 Å². The number of amides is 2. The first-order chi connectivity index (χ1) is 9.31. The lowest BCUT2D eigenvalue weighted by Crippen LogP contribution is -2.48. The van der Waals surface area contributed by atoms with Crippen LogP contribution in [0.4, 0.5) is 4.79 Å². The van der Waals surface area contributed by atoms with E-state index in [1.165, 1.54) is 0 Å². The molecule has 0 aliphatic carbocycles. The number of hydrogen-bond acceptors (Lipinski definition) is 2. The standard InChI is InChI=1S/C14H19ClN2O3/c1-8(2)12(13(18)19)17-14(20)16-7-10-5-4-9(3)6-11(10)15/h4-6,8,12H,7H2,1-3H3,(H,18,19)(H2,16,17,20). The van der Waals surface area contributed by atoms with E-state index in [2.05, 4.69) is 10.6 Å². The zero-order valence-corrected chi connectivity index (χ0v) is 12.5. The van der Waals surface area contributed by atoms with Gasteiger partial charge in [0.15, 0.2) is 0 Å². The predicted octanol–water partition coefficient (Wildman–Crippen LogP) is 2.56. The van der Waals surface area contributed by atoms with Crippen molar-refractivity contribution in [3.63, 3.8) is 0 Å². The molecule has 0 heterocycles. The first-order valence-corrected chi connectivity index (χ1v) is 6.71. The molecule has 1 atom stereocenters. The molecular formula is C14H19ClN2O3. The van der Waals surface area contributed by atoms with Crippen molar-refractivity contribution in [3.05, 3.63) is 34.3 Å². The Morgan fingerprint density at radius 3 is 2.50 bits per heavy atom. The molecule has 0 aliphatic rings. The molecule has 0 saturated carbocycles. The van der Waals surface area contributed by atoms with Crippen LogP contribution in [0.5, 0.6) is 0 Å². The van der Waals surface area contributed by atoms with Gasteiger partial charge in [0.25, 0.3) is 0 Å². The van der Waals surface area contributed by atoms with Crippen LogP contribution in [0.15, 0.2) is 18.2 Å². The zero-order chi connectivity index (χ0) is 15.3. The van der Waals surface area contributed by atoms with Gasteiger partial charge in [0.1, 0.15) is 6.04 Å². The van der Waals surface area contributed by atoms with E-state index >= 15 is 0 Å². The van der Waals surface area contributed by atoms with Crippen LogP contribution in [0.1, 0.15) is 25.0 Å². The van der Waals surface area contributed by atoms with Gasteiger partial charge in [-0.2, -0.15) is 0 Å². The molecule has 20 heavy (non-hydrogen) atoms. The van der Waals surface area contributed by atoms with E-state index in [0.29, 0.717) is 5.02 Å². The number of carbonyl (C=O) groups excluding carboxylic acids is 1. The Labute approximate surface area is 123 Å². The summed E-state index contributed by atoms with van der Waals surface area (Å²) < 4.78 is 0. The second-order valence-corrected chi connectivity index (χ2v) is 5.39. The fourth-order valence-corrected chi connectivity index (χ4v) is 1.98. The molecule has 0 radical (unpaired) electrons. The lowest BCUT2D eigenvalue weighted by molar-refractivity contribution is -0.140. The van der Waals surface area contributed by atoms with Crippen LogP contribution in [0.25, 0.3) is 0 Å². The van der Waals surface area contributed by atoms with Gasteiger partial charge in [-0.05, 0) is 30.0 Å². The van der Waals surface area contributed by atoms with Crippen molar-refractivity contribution in [2.45, 2.75) is 33.4 Å². The quantitative estimate of drug-likeness (QED) is 0.781. The number of aliphatic carboxylic acids is 1. The van der Waals surface area contributed by atoms with E-state index in [1.54, 1.807) is 13.8 Å². The monoisotopic (exact) mass is 298 g/mol. The molecule has 0 aliphatic heterocycles. The van der Waals surface area contributed by atoms with Crippen molar-refractivity contribution in [3.8, 4) is 0 Å². The Morgan fingerprint density at radius 2 is 2.00 bits per heavy atom. The van der Waals surface area contributed by atoms with E-state index in [-0.39, 0.29) is 12.5 Å². The SMILES string of the molecule is Cc1ccc(CNC(=O)NC(C(=O)O)C(C)C)c(Cl)c1. The van der Waals surface area contributed by atoms with Gasteiger partial charge >= 0.3 is 12.0 Å². The molecule has 0 spiro atoms. The van der Waals surface area contributed by atoms with Gasteiger partial charge in [-0.1, -0.05) is 37.6 Å². The summed E-state index contributed by atoms with van der Waals surface area (Å²) >= 11 is 6.05. The maximum absolute atomic E-state index is 11.7. The predicted molar refractivity (Wildman–Crippen MR) is 77.8 cm³/mol. The van der Waals surface area contributed by atoms with Crippen molar-refractivity contribution in [2.24, 2.45) is 5.92 Å². The minimum Gasteiger partial charge on any atom is -0.480 e. The molecule has 0 saturated heterocycles. The Morgan fingerprint density at radius 1 is 1.35 bits per heavy atom. The van der Waals surface area contributed by atoms with E-state index in [4.69, 9.17) is 16.7 Å². The lowest BCUT2D eigenvalue weighted by atomic mass is 10.1. The number of carbonyl (C=O) groups is 2. The first kappa shape index (κ1) is 16.3. The second kappa shape index (κ2) is 7.14. The Bertz CT molecular complexity index is 503. The fraction of sp³-hybridized carbons (Fsp3) is 0.429. The number of aryl methyl sites for hydroxylation is 1. The Balaban J connectivity index is 2.57. The van der Waals surface area contributed by atoms with Gasteiger partial charge in [0, 0.05) is 11.6 Å². The first-order valence-electron chi connectivity index (χ1n) is 6.33. The van der Waals surface area contributed by atoms with Crippen LogP contribution in [-0.2, 0) is 11.3 Å². The highest BCUT2D eigenvalue weighted by Crippen LogP contribution is 2.17. The zero-order valence-electron chi connectivity index (χ0n) is 11.7. The molecule has 5 nitrogen and oxygen atoms in total. The molecule has 1 rings (SSSR count). The van der Waals surface area contributed by atoms with E-state index in [0.717, 1.165) is 11.1 Å². The lowest BCUT2D eigenvalue weighted by Gasteiger charge is -2.18. The molecule has 1 aromatic carbocycles. The summed E-state index contributed by atoms with van der Waals surface area (Å²) in [4.78, 5) is 22.7. The number of rotatable bonds is 5. The number of nitrogens with one attached hydrogen (secondary N) is 2. The molecule has 0 fully saturated rings. The third-order valence-corrected chi connectivity index (χ3v) is 3.22. The highest BCUT2D eigenvalue weighted by atomic mass is 35.5. The number of hydrogen-bond donors (Lipinski definition) is 3. The van der Waals surface area contributed by atoms with E-state index < -0.39 is 18.0 Å². The van der Waals surface area contributed by atoms with Crippen molar-refractivity contribution < 1.29 is 14.7 Å². The molecule has 1 unspecified atom stereocenters. The summed E-state index contributed by atoms with van der Waals surface area (Å²) in [5, 5.41) is 14.6. The smallest absolute Gasteiger partial charge is 0.326 e. The van der Waals surface area contributed by atoms with Crippen molar-refractivity contribution >= 4 is 23.6 Å². The average Bonchev–Trinajstić information content (AvgIpc) is 2.34. The molecule has 2 amide bonds. The normalized spacial score (nSPS) is 12.1. The Kier molecular flexibility index (Phi) is 5.82. The largest absolute Gasteiger partial charge is 0.480 e. The molecule has 1 aromatic rings. The van der Waals surface area contributed by atoms with Crippen molar-refractivity contribution in [2.75, 3.05) is 0 Å². The maximum Gasteiger partial charge on any atom is 0.326 e. The van der Waals surface area contributed by atoms with Crippen LogP contribution in [0.3, 0.4) is 0 Å².